The Hall–Kier alpha value is -0.680. The lowest BCUT2D eigenvalue weighted by molar-refractivity contribution is -0.0253. The van der Waals surface area contributed by atoms with Crippen molar-refractivity contribution in [1.82, 2.24) is 10.2 Å². The van der Waals surface area contributed by atoms with Gasteiger partial charge in [0.25, 0.3) is 0 Å². The molecule has 5 heteroatoms. The summed E-state index contributed by atoms with van der Waals surface area (Å²) in [6, 6.07) is 4.80. The highest BCUT2D eigenvalue weighted by atomic mass is 35.5. The van der Waals surface area contributed by atoms with Crippen molar-refractivity contribution >= 4 is 11.6 Å². The molecule has 1 aromatic carbocycles. The molecular weight excluding hydrogens is 267 g/mol. The van der Waals surface area contributed by atoms with Crippen molar-refractivity contribution in [1.29, 1.82) is 0 Å². The zero-order chi connectivity index (χ0) is 13.7. The normalized spacial score (nSPS) is 20.7. The number of halogens is 2. The van der Waals surface area contributed by atoms with Gasteiger partial charge in [0.05, 0.1) is 17.7 Å². The predicted octanol–water partition coefficient (Wildman–Crippen LogP) is 2.29. The van der Waals surface area contributed by atoms with Gasteiger partial charge in [0, 0.05) is 26.2 Å². The van der Waals surface area contributed by atoms with Gasteiger partial charge in [-0.15, -0.1) is 0 Å². The Morgan fingerprint density at radius 1 is 1.53 bits per heavy atom. The maximum absolute atomic E-state index is 13.0. The third-order valence-electron chi connectivity index (χ3n) is 3.36. The molecule has 1 aliphatic heterocycles. The molecule has 1 aliphatic rings. The van der Waals surface area contributed by atoms with Crippen LogP contribution in [0.3, 0.4) is 0 Å². The number of benzene rings is 1. The van der Waals surface area contributed by atoms with Crippen molar-refractivity contribution in [2.75, 3.05) is 32.8 Å². The third kappa shape index (κ3) is 4.42. The van der Waals surface area contributed by atoms with E-state index in [2.05, 4.69) is 17.1 Å². The number of hydrogen-bond acceptors (Lipinski definition) is 3. The second kappa shape index (κ2) is 7.20. The molecule has 19 heavy (non-hydrogen) atoms. The number of ether oxygens (including phenoxy) is 1. The van der Waals surface area contributed by atoms with E-state index in [9.17, 15) is 4.39 Å². The Morgan fingerprint density at radius 2 is 2.37 bits per heavy atom. The standard InChI is InChI=1S/C14H20ClFN2O/c1-2-18-5-6-19-12(10-18)9-17-8-11-3-4-14(16)13(15)7-11/h3-4,7,12,17H,2,5-6,8-10H2,1H3. The Morgan fingerprint density at radius 3 is 3.11 bits per heavy atom. The number of hydrogen-bond donors (Lipinski definition) is 1. The van der Waals surface area contributed by atoms with Gasteiger partial charge in [0.1, 0.15) is 5.82 Å². The van der Waals surface area contributed by atoms with Crippen LogP contribution in [0.15, 0.2) is 18.2 Å². The molecule has 1 N–H and O–H groups in total. The van der Waals surface area contributed by atoms with Crippen LogP contribution >= 0.6 is 11.6 Å². The lowest BCUT2D eigenvalue weighted by Crippen LogP contribution is -2.46. The molecule has 1 unspecified atom stereocenters. The second-order valence-corrected chi connectivity index (χ2v) is 5.17. The molecular formula is C14H20ClFN2O. The van der Waals surface area contributed by atoms with Crippen LogP contribution in [0.5, 0.6) is 0 Å². The fraction of sp³-hybridized carbons (Fsp3) is 0.571. The van der Waals surface area contributed by atoms with Crippen molar-refractivity contribution in [3.8, 4) is 0 Å². The highest BCUT2D eigenvalue weighted by Crippen LogP contribution is 2.15. The monoisotopic (exact) mass is 286 g/mol. The van der Waals surface area contributed by atoms with Crippen LogP contribution in [0.1, 0.15) is 12.5 Å². The van der Waals surface area contributed by atoms with E-state index in [0.29, 0.717) is 6.54 Å². The topological polar surface area (TPSA) is 24.5 Å². The molecule has 1 saturated heterocycles. The predicted molar refractivity (Wildman–Crippen MR) is 75.0 cm³/mol. The van der Waals surface area contributed by atoms with Gasteiger partial charge in [0.15, 0.2) is 0 Å². The van der Waals surface area contributed by atoms with Crippen LogP contribution in [-0.2, 0) is 11.3 Å². The number of rotatable bonds is 5. The molecule has 2 rings (SSSR count). The van der Waals surface area contributed by atoms with Gasteiger partial charge < -0.3 is 10.1 Å². The summed E-state index contributed by atoms with van der Waals surface area (Å²) in [7, 11) is 0. The largest absolute Gasteiger partial charge is 0.374 e. The highest BCUT2D eigenvalue weighted by molar-refractivity contribution is 6.30. The molecule has 106 valence electrons. The Kier molecular flexibility index (Phi) is 5.58. The summed E-state index contributed by atoms with van der Waals surface area (Å²) in [5, 5.41) is 3.50. The Labute approximate surface area is 118 Å². The van der Waals surface area contributed by atoms with E-state index in [0.717, 1.165) is 38.3 Å². The van der Waals surface area contributed by atoms with E-state index >= 15 is 0 Å². The lowest BCUT2D eigenvalue weighted by Gasteiger charge is -2.32. The van der Waals surface area contributed by atoms with E-state index in [1.165, 1.54) is 6.07 Å². The Bertz CT molecular complexity index is 416. The van der Waals surface area contributed by atoms with Crippen LogP contribution in [0.4, 0.5) is 4.39 Å². The third-order valence-corrected chi connectivity index (χ3v) is 3.64. The van der Waals surface area contributed by atoms with Crippen LogP contribution in [-0.4, -0.2) is 43.8 Å². The van der Waals surface area contributed by atoms with Crippen molar-refractivity contribution in [2.45, 2.75) is 19.6 Å². The number of morpholine rings is 1. The molecule has 0 spiro atoms. The van der Waals surface area contributed by atoms with Gasteiger partial charge in [-0.05, 0) is 24.2 Å². The van der Waals surface area contributed by atoms with E-state index in [1.54, 1.807) is 12.1 Å². The van der Waals surface area contributed by atoms with Crippen molar-refractivity contribution in [2.24, 2.45) is 0 Å². The Balaban J connectivity index is 1.75. The molecule has 1 atom stereocenters. The first kappa shape index (κ1) is 14.7. The van der Waals surface area contributed by atoms with Crippen molar-refractivity contribution in [3.63, 3.8) is 0 Å². The fourth-order valence-electron chi connectivity index (χ4n) is 2.22. The summed E-state index contributed by atoms with van der Waals surface area (Å²) in [4.78, 5) is 2.38. The fourth-order valence-corrected chi connectivity index (χ4v) is 2.42. The van der Waals surface area contributed by atoms with Gasteiger partial charge in [-0.1, -0.05) is 24.6 Å². The minimum absolute atomic E-state index is 0.172. The average molecular weight is 287 g/mol. The minimum Gasteiger partial charge on any atom is -0.374 e. The first-order chi connectivity index (χ1) is 9.19. The summed E-state index contributed by atoms with van der Waals surface area (Å²) < 4.78 is 18.7. The summed E-state index contributed by atoms with van der Waals surface area (Å²) in [5.74, 6) is -0.375. The molecule has 1 fully saturated rings. The smallest absolute Gasteiger partial charge is 0.141 e. The zero-order valence-electron chi connectivity index (χ0n) is 11.2. The maximum atomic E-state index is 13.0. The molecule has 0 amide bonds. The number of nitrogens with zero attached hydrogens (tertiary/aromatic N) is 1. The van der Waals surface area contributed by atoms with E-state index < -0.39 is 0 Å². The van der Waals surface area contributed by atoms with Gasteiger partial charge in [-0.25, -0.2) is 4.39 Å². The van der Waals surface area contributed by atoms with Gasteiger partial charge in [-0.3, -0.25) is 4.90 Å². The van der Waals surface area contributed by atoms with Gasteiger partial charge in [0.2, 0.25) is 0 Å². The summed E-state index contributed by atoms with van der Waals surface area (Å²) in [6.07, 6.45) is 0.227. The highest BCUT2D eigenvalue weighted by Gasteiger charge is 2.18. The molecule has 1 heterocycles. The molecule has 3 nitrogen and oxygen atoms in total. The molecule has 0 saturated carbocycles. The molecule has 0 aliphatic carbocycles. The van der Waals surface area contributed by atoms with Crippen LogP contribution in [0, 0.1) is 5.82 Å². The zero-order valence-corrected chi connectivity index (χ0v) is 11.9. The molecule has 1 aromatic rings. The van der Waals surface area contributed by atoms with Crippen molar-refractivity contribution in [3.05, 3.63) is 34.6 Å². The van der Waals surface area contributed by atoms with E-state index in [-0.39, 0.29) is 16.9 Å². The summed E-state index contributed by atoms with van der Waals surface area (Å²) in [5.41, 5.74) is 0.981. The van der Waals surface area contributed by atoms with E-state index in [1.807, 2.05) is 0 Å². The van der Waals surface area contributed by atoms with Crippen LogP contribution in [0.25, 0.3) is 0 Å². The minimum atomic E-state index is -0.375. The first-order valence-corrected chi connectivity index (χ1v) is 7.05. The number of likely N-dealkylation sites (N-methyl/N-ethyl adjacent to an activating group) is 1. The average Bonchev–Trinajstić information content (AvgIpc) is 2.43. The maximum Gasteiger partial charge on any atom is 0.141 e. The summed E-state index contributed by atoms with van der Waals surface area (Å²) in [6.45, 7) is 7.47. The second-order valence-electron chi connectivity index (χ2n) is 4.77. The van der Waals surface area contributed by atoms with Gasteiger partial charge >= 0.3 is 0 Å². The first-order valence-electron chi connectivity index (χ1n) is 6.67. The van der Waals surface area contributed by atoms with E-state index in [4.69, 9.17) is 16.3 Å². The molecule has 0 aromatic heterocycles. The van der Waals surface area contributed by atoms with Crippen LogP contribution < -0.4 is 5.32 Å². The quantitative estimate of drug-likeness (QED) is 0.899. The SMILES string of the molecule is CCN1CCOC(CNCc2ccc(F)c(Cl)c2)C1. The van der Waals surface area contributed by atoms with Crippen LogP contribution in [0.2, 0.25) is 5.02 Å². The van der Waals surface area contributed by atoms with Crippen molar-refractivity contribution < 1.29 is 9.13 Å². The summed E-state index contributed by atoms with van der Waals surface area (Å²) >= 11 is 5.75. The molecule has 0 bridgehead atoms. The molecule has 0 radical (unpaired) electrons. The number of nitrogens with one attached hydrogen (secondary N) is 1. The lowest BCUT2D eigenvalue weighted by atomic mass is 10.2. The van der Waals surface area contributed by atoms with Gasteiger partial charge in [-0.2, -0.15) is 0 Å².